The second kappa shape index (κ2) is 4.69. The predicted octanol–water partition coefficient (Wildman–Crippen LogP) is 2.83. The van der Waals surface area contributed by atoms with Crippen molar-refractivity contribution in [2.75, 3.05) is 0 Å². The molecule has 2 aliphatic carbocycles. The lowest BCUT2D eigenvalue weighted by Crippen LogP contribution is -2.25. The molecule has 0 aliphatic heterocycles. The van der Waals surface area contributed by atoms with Gasteiger partial charge in [-0.25, -0.2) is 0 Å². The van der Waals surface area contributed by atoms with Crippen LogP contribution in [0, 0.1) is 5.92 Å². The van der Waals surface area contributed by atoms with E-state index in [9.17, 15) is 4.79 Å². The Labute approximate surface area is 115 Å². The highest BCUT2D eigenvalue weighted by atomic mass is 16.1. The molecule has 1 N–H and O–H groups in total. The van der Waals surface area contributed by atoms with Crippen LogP contribution in [0.1, 0.15) is 67.6 Å². The summed E-state index contributed by atoms with van der Waals surface area (Å²) in [5.74, 6) is 1.43. The number of carbonyl (C=O) groups excluding carboxylic acids is 1. The lowest BCUT2D eigenvalue weighted by atomic mass is 9.79. The first-order valence-corrected chi connectivity index (χ1v) is 7.53. The zero-order valence-electron chi connectivity index (χ0n) is 12.2. The molecule has 0 fully saturated rings. The van der Waals surface area contributed by atoms with Crippen LogP contribution in [0.3, 0.4) is 0 Å². The third-order valence-electron chi connectivity index (χ3n) is 5.00. The standard InChI is InChI=1S/C16H24N2O/c1-10-7-11(2)15-13(8-10)12-5-4-6-14(17-9-19)16(12)18(15)3/h9-11,14H,4-8H2,1-3H3,(H,17,19)/t10-,11+,14+/m0/s1. The van der Waals surface area contributed by atoms with Crippen LogP contribution < -0.4 is 5.32 Å². The number of nitrogens with one attached hydrogen (secondary N) is 1. The molecule has 1 aromatic heterocycles. The maximum Gasteiger partial charge on any atom is 0.207 e. The van der Waals surface area contributed by atoms with Gasteiger partial charge in [-0.05, 0) is 55.1 Å². The highest BCUT2D eigenvalue weighted by molar-refractivity contribution is 5.51. The summed E-state index contributed by atoms with van der Waals surface area (Å²) in [7, 11) is 2.19. The summed E-state index contributed by atoms with van der Waals surface area (Å²) < 4.78 is 2.39. The second-order valence-corrected chi connectivity index (χ2v) is 6.46. The molecule has 1 heterocycles. The number of rotatable bonds is 2. The average molecular weight is 260 g/mol. The lowest BCUT2D eigenvalue weighted by molar-refractivity contribution is -0.110. The number of hydrogen-bond acceptors (Lipinski definition) is 1. The van der Waals surface area contributed by atoms with E-state index in [1.807, 2.05) is 0 Å². The van der Waals surface area contributed by atoms with Crippen molar-refractivity contribution in [3.63, 3.8) is 0 Å². The second-order valence-electron chi connectivity index (χ2n) is 6.46. The Hall–Kier alpha value is -1.25. The Morgan fingerprint density at radius 2 is 2.05 bits per heavy atom. The Bertz CT molecular complexity index is 503. The number of hydrogen-bond donors (Lipinski definition) is 1. The van der Waals surface area contributed by atoms with Gasteiger partial charge in [-0.2, -0.15) is 0 Å². The lowest BCUT2D eigenvalue weighted by Gasteiger charge is -2.26. The molecular formula is C16H24N2O. The summed E-state index contributed by atoms with van der Waals surface area (Å²) >= 11 is 0. The van der Waals surface area contributed by atoms with Gasteiger partial charge >= 0.3 is 0 Å². The third kappa shape index (κ3) is 1.90. The van der Waals surface area contributed by atoms with Crippen molar-refractivity contribution < 1.29 is 4.79 Å². The molecule has 3 rings (SSSR count). The maximum absolute atomic E-state index is 10.8. The van der Waals surface area contributed by atoms with Crippen molar-refractivity contribution in [2.24, 2.45) is 13.0 Å². The van der Waals surface area contributed by atoms with Crippen LogP contribution >= 0.6 is 0 Å². The van der Waals surface area contributed by atoms with Gasteiger partial charge in [0.05, 0.1) is 6.04 Å². The number of amides is 1. The van der Waals surface area contributed by atoms with E-state index in [-0.39, 0.29) is 6.04 Å². The SMILES string of the molecule is C[C@@H]1Cc2c3c(n(C)c2[C@H](C)C1)[C@H](NC=O)CCC3. The van der Waals surface area contributed by atoms with Crippen molar-refractivity contribution in [3.8, 4) is 0 Å². The van der Waals surface area contributed by atoms with Gasteiger partial charge in [-0.3, -0.25) is 4.79 Å². The van der Waals surface area contributed by atoms with Gasteiger partial charge in [0.1, 0.15) is 0 Å². The highest BCUT2D eigenvalue weighted by Crippen LogP contribution is 2.43. The number of fused-ring (bicyclic) bond motifs is 3. The van der Waals surface area contributed by atoms with Crippen molar-refractivity contribution in [3.05, 3.63) is 22.5 Å². The smallest absolute Gasteiger partial charge is 0.207 e. The van der Waals surface area contributed by atoms with Gasteiger partial charge in [-0.15, -0.1) is 0 Å². The van der Waals surface area contributed by atoms with E-state index >= 15 is 0 Å². The van der Waals surface area contributed by atoms with Gasteiger partial charge in [0.2, 0.25) is 6.41 Å². The van der Waals surface area contributed by atoms with Gasteiger partial charge in [-0.1, -0.05) is 13.8 Å². The minimum absolute atomic E-state index is 0.222. The zero-order chi connectivity index (χ0) is 13.6. The molecule has 3 atom stereocenters. The van der Waals surface area contributed by atoms with E-state index in [0.717, 1.165) is 18.7 Å². The van der Waals surface area contributed by atoms with Gasteiger partial charge in [0.15, 0.2) is 0 Å². The molecule has 0 saturated carbocycles. The number of aromatic nitrogens is 1. The van der Waals surface area contributed by atoms with Gasteiger partial charge in [0, 0.05) is 18.4 Å². The summed E-state index contributed by atoms with van der Waals surface area (Å²) in [6, 6.07) is 0.222. The van der Waals surface area contributed by atoms with Crippen LogP contribution in [-0.4, -0.2) is 11.0 Å². The van der Waals surface area contributed by atoms with Crippen LogP contribution in [0.15, 0.2) is 0 Å². The van der Waals surface area contributed by atoms with E-state index in [4.69, 9.17) is 0 Å². The van der Waals surface area contributed by atoms with Gasteiger partial charge in [0.25, 0.3) is 0 Å². The Morgan fingerprint density at radius 3 is 2.79 bits per heavy atom. The fourth-order valence-electron chi connectivity index (χ4n) is 4.43. The van der Waals surface area contributed by atoms with Crippen molar-refractivity contribution in [1.29, 1.82) is 0 Å². The molecule has 2 aliphatic rings. The van der Waals surface area contributed by atoms with Crippen molar-refractivity contribution in [2.45, 2.75) is 57.9 Å². The summed E-state index contributed by atoms with van der Waals surface area (Å²) in [5.41, 5.74) is 6.05. The summed E-state index contributed by atoms with van der Waals surface area (Å²) in [5, 5.41) is 3.02. The molecular weight excluding hydrogens is 236 g/mol. The van der Waals surface area contributed by atoms with Crippen LogP contribution in [0.2, 0.25) is 0 Å². The number of nitrogens with zero attached hydrogens (tertiary/aromatic N) is 1. The molecule has 0 unspecified atom stereocenters. The average Bonchev–Trinajstić information content (AvgIpc) is 2.64. The molecule has 3 heteroatoms. The molecule has 104 valence electrons. The fraction of sp³-hybridized carbons (Fsp3) is 0.688. The van der Waals surface area contributed by atoms with E-state index in [1.54, 1.807) is 11.1 Å². The normalized spacial score (nSPS) is 29.5. The summed E-state index contributed by atoms with van der Waals surface area (Å²) in [6.07, 6.45) is 6.82. The van der Waals surface area contributed by atoms with Gasteiger partial charge < -0.3 is 9.88 Å². The monoisotopic (exact) mass is 260 g/mol. The molecule has 3 nitrogen and oxygen atoms in total. The van der Waals surface area contributed by atoms with E-state index in [2.05, 4.69) is 30.8 Å². The first kappa shape index (κ1) is 12.8. The molecule has 0 aromatic carbocycles. The molecule has 1 aromatic rings. The minimum Gasteiger partial charge on any atom is -0.350 e. The minimum atomic E-state index is 0.222. The largest absolute Gasteiger partial charge is 0.350 e. The third-order valence-corrected chi connectivity index (χ3v) is 5.00. The fourth-order valence-corrected chi connectivity index (χ4v) is 4.43. The quantitative estimate of drug-likeness (QED) is 0.815. The Morgan fingerprint density at radius 1 is 1.26 bits per heavy atom. The van der Waals surface area contributed by atoms with Crippen LogP contribution in [0.25, 0.3) is 0 Å². The van der Waals surface area contributed by atoms with Crippen LogP contribution in [-0.2, 0) is 24.7 Å². The Balaban J connectivity index is 2.13. The van der Waals surface area contributed by atoms with Crippen LogP contribution in [0.4, 0.5) is 0 Å². The van der Waals surface area contributed by atoms with E-state index in [0.29, 0.717) is 5.92 Å². The van der Waals surface area contributed by atoms with E-state index in [1.165, 1.54) is 37.1 Å². The summed E-state index contributed by atoms with van der Waals surface area (Å²) in [6.45, 7) is 4.71. The highest BCUT2D eigenvalue weighted by Gasteiger charge is 2.33. The van der Waals surface area contributed by atoms with E-state index < -0.39 is 0 Å². The first-order chi connectivity index (χ1) is 9.13. The molecule has 0 saturated heterocycles. The Kier molecular flexibility index (Phi) is 3.15. The molecule has 0 spiro atoms. The topological polar surface area (TPSA) is 34.0 Å². The zero-order valence-corrected chi connectivity index (χ0v) is 12.2. The summed E-state index contributed by atoms with van der Waals surface area (Å²) in [4.78, 5) is 10.8. The maximum atomic E-state index is 10.8. The van der Waals surface area contributed by atoms with Crippen molar-refractivity contribution in [1.82, 2.24) is 9.88 Å². The van der Waals surface area contributed by atoms with Crippen molar-refractivity contribution >= 4 is 6.41 Å². The predicted molar refractivity (Wildman–Crippen MR) is 76.2 cm³/mol. The number of carbonyl (C=O) groups is 1. The molecule has 1 amide bonds. The molecule has 19 heavy (non-hydrogen) atoms. The van der Waals surface area contributed by atoms with Crippen LogP contribution in [0.5, 0.6) is 0 Å². The first-order valence-electron chi connectivity index (χ1n) is 7.53. The molecule has 0 radical (unpaired) electrons. The molecule has 0 bridgehead atoms.